The standard InChI is InChI=1S/C19H22N4O3/c24-15-11-20-18(25)17-10-16(21-23(17)12-15)19(26)22-8-6-14(7-9-22)13-4-2-1-3-5-13/h1-5,10,14-15,24H,6-9,11-12H2,(H,20,25). The van der Waals surface area contributed by atoms with Crippen molar-refractivity contribution in [2.24, 2.45) is 0 Å². The van der Waals surface area contributed by atoms with Crippen molar-refractivity contribution in [3.8, 4) is 0 Å². The van der Waals surface area contributed by atoms with Crippen LogP contribution in [0.5, 0.6) is 0 Å². The lowest BCUT2D eigenvalue weighted by Crippen LogP contribution is -2.38. The summed E-state index contributed by atoms with van der Waals surface area (Å²) in [5.74, 6) is 0.00940. The van der Waals surface area contributed by atoms with Crippen LogP contribution >= 0.6 is 0 Å². The molecule has 0 saturated carbocycles. The average molecular weight is 354 g/mol. The molecule has 7 nitrogen and oxygen atoms in total. The second-order valence-electron chi connectivity index (χ2n) is 6.94. The van der Waals surface area contributed by atoms with Crippen molar-refractivity contribution < 1.29 is 14.7 Å². The van der Waals surface area contributed by atoms with E-state index in [9.17, 15) is 14.7 Å². The van der Waals surface area contributed by atoms with E-state index in [1.807, 2.05) is 18.2 Å². The Morgan fingerprint density at radius 3 is 2.65 bits per heavy atom. The maximum Gasteiger partial charge on any atom is 0.274 e. The van der Waals surface area contributed by atoms with Crippen LogP contribution in [0.2, 0.25) is 0 Å². The van der Waals surface area contributed by atoms with Gasteiger partial charge in [-0.15, -0.1) is 0 Å². The van der Waals surface area contributed by atoms with Crippen LogP contribution in [0.3, 0.4) is 0 Å². The first-order chi connectivity index (χ1) is 12.6. The zero-order valence-corrected chi connectivity index (χ0v) is 14.5. The zero-order valence-electron chi connectivity index (χ0n) is 14.5. The van der Waals surface area contributed by atoms with Gasteiger partial charge in [-0.25, -0.2) is 0 Å². The van der Waals surface area contributed by atoms with Crippen molar-refractivity contribution >= 4 is 11.8 Å². The molecule has 0 radical (unpaired) electrons. The maximum atomic E-state index is 12.8. The van der Waals surface area contributed by atoms with Gasteiger partial charge < -0.3 is 15.3 Å². The molecule has 2 aliphatic rings. The predicted molar refractivity (Wildman–Crippen MR) is 94.9 cm³/mol. The van der Waals surface area contributed by atoms with Crippen LogP contribution in [0, 0.1) is 0 Å². The molecule has 0 bridgehead atoms. The molecule has 1 saturated heterocycles. The molecule has 1 atom stereocenters. The molecule has 0 aliphatic carbocycles. The molecule has 2 N–H and O–H groups in total. The minimum Gasteiger partial charge on any atom is -0.389 e. The van der Waals surface area contributed by atoms with E-state index in [0.717, 1.165) is 12.8 Å². The molecular formula is C19H22N4O3. The van der Waals surface area contributed by atoms with Gasteiger partial charge in [-0.05, 0) is 24.3 Å². The summed E-state index contributed by atoms with van der Waals surface area (Å²) in [7, 11) is 0. The monoisotopic (exact) mass is 354 g/mol. The van der Waals surface area contributed by atoms with E-state index in [1.165, 1.54) is 16.3 Å². The molecule has 7 heteroatoms. The molecule has 1 aromatic carbocycles. The van der Waals surface area contributed by atoms with Crippen molar-refractivity contribution in [3.63, 3.8) is 0 Å². The number of nitrogens with one attached hydrogen (secondary N) is 1. The molecule has 1 aromatic heterocycles. The predicted octanol–water partition coefficient (Wildman–Crippen LogP) is 1.01. The largest absolute Gasteiger partial charge is 0.389 e. The first-order valence-electron chi connectivity index (χ1n) is 9.00. The number of nitrogens with zero attached hydrogens (tertiary/aromatic N) is 3. The van der Waals surface area contributed by atoms with Gasteiger partial charge in [-0.2, -0.15) is 5.10 Å². The number of carbonyl (C=O) groups excluding carboxylic acids is 2. The van der Waals surface area contributed by atoms with Crippen molar-refractivity contribution in [1.29, 1.82) is 0 Å². The van der Waals surface area contributed by atoms with Crippen molar-refractivity contribution in [3.05, 3.63) is 53.3 Å². The molecule has 0 spiro atoms. The summed E-state index contributed by atoms with van der Waals surface area (Å²) in [6, 6.07) is 11.9. The van der Waals surface area contributed by atoms with Gasteiger partial charge in [-0.3, -0.25) is 14.3 Å². The van der Waals surface area contributed by atoms with Crippen LogP contribution in [-0.4, -0.2) is 57.3 Å². The second kappa shape index (κ2) is 6.92. The van der Waals surface area contributed by atoms with Crippen molar-refractivity contribution in [1.82, 2.24) is 20.0 Å². The number of benzene rings is 1. The minimum absolute atomic E-state index is 0.153. The highest BCUT2D eigenvalue weighted by Gasteiger charge is 2.29. The van der Waals surface area contributed by atoms with Gasteiger partial charge in [-0.1, -0.05) is 30.3 Å². The summed E-state index contributed by atoms with van der Waals surface area (Å²) in [6.45, 7) is 1.75. The Kier molecular flexibility index (Phi) is 4.46. The van der Waals surface area contributed by atoms with Crippen molar-refractivity contribution in [2.45, 2.75) is 31.4 Å². The van der Waals surface area contributed by atoms with E-state index in [0.29, 0.717) is 24.7 Å². The molecule has 2 aliphatic heterocycles. The number of aromatic nitrogens is 2. The van der Waals surface area contributed by atoms with E-state index in [1.54, 1.807) is 4.90 Å². The fourth-order valence-corrected chi connectivity index (χ4v) is 3.71. The van der Waals surface area contributed by atoms with Crippen LogP contribution < -0.4 is 5.32 Å². The summed E-state index contributed by atoms with van der Waals surface area (Å²) < 4.78 is 1.43. The number of aliphatic hydroxyl groups is 1. The van der Waals surface area contributed by atoms with Crippen LogP contribution in [0.15, 0.2) is 36.4 Å². The van der Waals surface area contributed by atoms with Crippen LogP contribution in [0.1, 0.15) is 45.3 Å². The topological polar surface area (TPSA) is 87.5 Å². The summed E-state index contributed by atoms with van der Waals surface area (Å²) in [4.78, 5) is 26.6. The van der Waals surface area contributed by atoms with Gasteiger partial charge in [0.25, 0.3) is 11.8 Å². The summed E-state index contributed by atoms with van der Waals surface area (Å²) in [5.41, 5.74) is 1.91. The number of hydrogen-bond acceptors (Lipinski definition) is 4. The fourth-order valence-electron chi connectivity index (χ4n) is 3.71. The Balaban J connectivity index is 1.45. The van der Waals surface area contributed by atoms with E-state index >= 15 is 0 Å². The fraction of sp³-hybridized carbons (Fsp3) is 0.421. The Morgan fingerprint density at radius 2 is 1.92 bits per heavy atom. The van der Waals surface area contributed by atoms with Gasteiger partial charge in [0.15, 0.2) is 5.69 Å². The molecule has 1 fully saturated rings. The van der Waals surface area contributed by atoms with Crippen LogP contribution in [0.25, 0.3) is 0 Å². The number of aliphatic hydroxyl groups excluding tert-OH is 1. The highest BCUT2D eigenvalue weighted by atomic mass is 16.3. The third-order valence-electron chi connectivity index (χ3n) is 5.17. The highest BCUT2D eigenvalue weighted by molar-refractivity contribution is 5.98. The van der Waals surface area contributed by atoms with Gasteiger partial charge in [0.2, 0.25) is 0 Å². The SMILES string of the molecule is O=C1NCC(O)Cn2nc(C(=O)N3CCC(c4ccccc4)CC3)cc21. The lowest BCUT2D eigenvalue weighted by atomic mass is 9.89. The van der Waals surface area contributed by atoms with Crippen molar-refractivity contribution in [2.75, 3.05) is 19.6 Å². The first kappa shape index (κ1) is 16.8. The third kappa shape index (κ3) is 3.22. The molecule has 3 heterocycles. The average Bonchev–Trinajstić information content (AvgIpc) is 3.04. The number of piperidine rings is 1. The summed E-state index contributed by atoms with van der Waals surface area (Å²) >= 11 is 0. The summed E-state index contributed by atoms with van der Waals surface area (Å²) in [6.07, 6.45) is 1.13. The number of β-amino-alcohol motifs (C(OH)–C–C–N with tert-alkyl or cyclic N) is 1. The lowest BCUT2D eigenvalue weighted by Gasteiger charge is -2.31. The number of amides is 2. The Labute approximate surface area is 151 Å². The number of hydrogen-bond donors (Lipinski definition) is 2. The molecule has 26 heavy (non-hydrogen) atoms. The lowest BCUT2D eigenvalue weighted by molar-refractivity contribution is 0.0704. The molecule has 2 amide bonds. The third-order valence-corrected chi connectivity index (χ3v) is 5.17. The molecule has 1 unspecified atom stereocenters. The molecular weight excluding hydrogens is 332 g/mol. The Hall–Kier alpha value is -2.67. The number of carbonyl (C=O) groups is 2. The minimum atomic E-state index is -0.704. The zero-order chi connectivity index (χ0) is 18.1. The van der Waals surface area contributed by atoms with Crippen LogP contribution in [0.4, 0.5) is 0 Å². The molecule has 2 aromatic rings. The normalized spacial score (nSPS) is 21.0. The summed E-state index contributed by atoms with van der Waals surface area (Å²) in [5, 5.41) is 16.7. The molecule has 4 rings (SSSR count). The maximum absolute atomic E-state index is 12.8. The highest BCUT2D eigenvalue weighted by Crippen LogP contribution is 2.28. The van der Waals surface area contributed by atoms with Gasteiger partial charge in [0.05, 0.1) is 12.6 Å². The Bertz CT molecular complexity index is 809. The van der Waals surface area contributed by atoms with Gasteiger partial charge >= 0.3 is 0 Å². The van der Waals surface area contributed by atoms with E-state index in [4.69, 9.17) is 0 Å². The van der Waals surface area contributed by atoms with E-state index in [2.05, 4.69) is 22.5 Å². The smallest absolute Gasteiger partial charge is 0.274 e. The van der Waals surface area contributed by atoms with E-state index in [-0.39, 0.29) is 30.6 Å². The second-order valence-corrected chi connectivity index (χ2v) is 6.94. The van der Waals surface area contributed by atoms with Gasteiger partial charge in [0, 0.05) is 25.7 Å². The number of likely N-dealkylation sites (tertiary alicyclic amines) is 1. The Morgan fingerprint density at radius 1 is 1.19 bits per heavy atom. The molecule has 136 valence electrons. The van der Waals surface area contributed by atoms with Gasteiger partial charge in [0.1, 0.15) is 5.69 Å². The van der Waals surface area contributed by atoms with E-state index < -0.39 is 6.10 Å². The van der Waals surface area contributed by atoms with Crippen LogP contribution in [-0.2, 0) is 6.54 Å². The number of fused-ring (bicyclic) bond motifs is 1. The quantitative estimate of drug-likeness (QED) is 0.843. The first-order valence-corrected chi connectivity index (χ1v) is 9.00. The number of rotatable bonds is 2.